The average Bonchev–Trinajstić information content (AvgIpc) is 2.63. The van der Waals surface area contributed by atoms with Gasteiger partial charge >= 0.3 is 0 Å². The number of nitro groups is 1. The first-order valence-electron chi connectivity index (χ1n) is 4.63. The van der Waals surface area contributed by atoms with Crippen LogP contribution < -0.4 is 5.73 Å². The molecule has 2 N–H and O–H groups in total. The number of aryl methyl sites for hydroxylation is 1. The van der Waals surface area contributed by atoms with Crippen molar-refractivity contribution in [2.45, 2.75) is 6.92 Å². The van der Waals surface area contributed by atoms with Crippen molar-refractivity contribution in [2.24, 2.45) is 0 Å². The zero-order valence-electron chi connectivity index (χ0n) is 8.62. The molecule has 1 aromatic heterocycles. The van der Waals surface area contributed by atoms with E-state index < -0.39 is 4.92 Å². The Morgan fingerprint density at radius 2 is 2.19 bits per heavy atom. The fraction of sp³-hybridized carbons (Fsp3) is 0.100. The van der Waals surface area contributed by atoms with Gasteiger partial charge in [-0.25, -0.2) is 4.98 Å². The monoisotopic (exact) mass is 218 g/mol. The zero-order chi connectivity index (χ0) is 11.7. The fourth-order valence-corrected chi connectivity index (χ4v) is 1.51. The summed E-state index contributed by atoms with van der Waals surface area (Å²) in [4.78, 5) is 14.3. The van der Waals surface area contributed by atoms with Crippen LogP contribution in [0.25, 0.3) is 5.69 Å². The molecule has 2 aromatic rings. The van der Waals surface area contributed by atoms with Crippen LogP contribution in [0.3, 0.4) is 0 Å². The second-order valence-electron chi connectivity index (χ2n) is 3.38. The maximum atomic E-state index is 10.7. The molecule has 6 heteroatoms. The minimum atomic E-state index is -0.466. The second kappa shape index (κ2) is 3.65. The molecule has 0 bridgehead atoms. The summed E-state index contributed by atoms with van der Waals surface area (Å²) < 4.78 is 1.74. The molecule has 16 heavy (non-hydrogen) atoms. The first-order valence-corrected chi connectivity index (χ1v) is 4.63. The van der Waals surface area contributed by atoms with E-state index >= 15 is 0 Å². The lowest BCUT2D eigenvalue weighted by molar-refractivity contribution is -0.384. The predicted molar refractivity (Wildman–Crippen MR) is 59.4 cm³/mol. The van der Waals surface area contributed by atoms with Crippen molar-refractivity contribution in [2.75, 3.05) is 5.73 Å². The maximum Gasteiger partial charge on any atom is 0.273 e. The minimum Gasteiger partial charge on any atom is -0.398 e. The van der Waals surface area contributed by atoms with Crippen molar-refractivity contribution in [3.05, 3.63) is 46.5 Å². The van der Waals surface area contributed by atoms with Gasteiger partial charge in [0.05, 0.1) is 10.6 Å². The smallest absolute Gasteiger partial charge is 0.273 e. The lowest BCUT2D eigenvalue weighted by Crippen LogP contribution is -1.99. The van der Waals surface area contributed by atoms with Crippen molar-refractivity contribution in [1.29, 1.82) is 0 Å². The first-order chi connectivity index (χ1) is 7.58. The van der Waals surface area contributed by atoms with Crippen molar-refractivity contribution in [1.82, 2.24) is 9.55 Å². The number of nitro benzene ring substituents is 1. The summed E-state index contributed by atoms with van der Waals surface area (Å²) in [6, 6.07) is 4.46. The molecule has 0 aliphatic carbocycles. The molecule has 0 amide bonds. The van der Waals surface area contributed by atoms with E-state index in [1.165, 1.54) is 12.1 Å². The highest BCUT2D eigenvalue weighted by molar-refractivity contribution is 5.56. The lowest BCUT2D eigenvalue weighted by atomic mass is 10.2. The van der Waals surface area contributed by atoms with E-state index in [0.717, 1.165) is 5.82 Å². The van der Waals surface area contributed by atoms with Gasteiger partial charge in [-0.15, -0.1) is 0 Å². The van der Waals surface area contributed by atoms with Gasteiger partial charge in [-0.3, -0.25) is 10.1 Å². The highest BCUT2D eigenvalue weighted by atomic mass is 16.6. The third kappa shape index (κ3) is 1.72. The number of aromatic nitrogens is 2. The number of rotatable bonds is 2. The Morgan fingerprint density at radius 3 is 2.75 bits per heavy atom. The molecule has 0 aliphatic rings. The summed E-state index contributed by atoms with van der Waals surface area (Å²) >= 11 is 0. The molecule has 0 radical (unpaired) electrons. The van der Waals surface area contributed by atoms with E-state index in [1.807, 2.05) is 6.92 Å². The van der Waals surface area contributed by atoms with Gasteiger partial charge in [0.25, 0.3) is 5.69 Å². The number of benzene rings is 1. The number of nitrogen functional groups attached to an aromatic ring is 1. The average molecular weight is 218 g/mol. The SMILES string of the molecule is Cc1nccn1-c1cc(N)cc([N+](=O)[O-])c1. The van der Waals surface area contributed by atoms with Crippen LogP contribution in [0.4, 0.5) is 11.4 Å². The number of anilines is 1. The number of non-ortho nitro benzene ring substituents is 1. The Hall–Kier alpha value is -2.37. The standard InChI is InChI=1S/C10H10N4O2/c1-7-12-2-3-13(7)9-4-8(11)5-10(6-9)14(15)16/h2-6H,11H2,1H3. The maximum absolute atomic E-state index is 10.7. The van der Waals surface area contributed by atoms with Gasteiger partial charge in [0, 0.05) is 30.2 Å². The summed E-state index contributed by atoms with van der Waals surface area (Å²) in [5, 5.41) is 10.7. The molecule has 6 nitrogen and oxygen atoms in total. The fourth-order valence-electron chi connectivity index (χ4n) is 1.51. The molecule has 0 saturated heterocycles. The Morgan fingerprint density at radius 1 is 1.44 bits per heavy atom. The van der Waals surface area contributed by atoms with Crippen LogP contribution in [0.15, 0.2) is 30.6 Å². The molecular formula is C10H10N4O2. The normalized spacial score (nSPS) is 10.3. The van der Waals surface area contributed by atoms with Gasteiger partial charge < -0.3 is 10.3 Å². The van der Waals surface area contributed by atoms with Crippen LogP contribution in [0.2, 0.25) is 0 Å². The summed E-state index contributed by atoms with van der Waals surface area (Å²) in [6.45, 7) is 1.81. The molecule has 82 valence electrons. The third-order valence-electron chi connectivity index (χ3n) is 2.24. The number of hydrogen-bond donors (Lipinski definition) is 1. The van der Waals surface area contributed by atoms with E-state index in [-0.39, 0.29) is 5.69 Å². The van der Waals surface area contributed by atoms with Crippen LogP contribution in [0.5, 0.6) is 0 Å². The molecule has 0 aliphatic heterocycles. The van der Waals surface area contributed by atoms with Crippen LogP contribution in [-0.4, -0.2) is 14.5 Å². The number of nitrogens with zero attached hydrogens (tertiary/aromatic N) is 3. The number of hydrogen-bond acceptors (Lipinski definition) is 4. The quantitative estimate of drug-likeness (QED) is 0.472. The third-order valence-corrected chi connectivity index (χ3v) is 2.24. The highest BCUT2D eigenvalue weighted by Crippen LogP contribution is 2.22. The van der Waals surface area contributed by atoms with Gasteiger partial charge in [0.1, 0.15) is 5.82 Å². The second-order valence-corrected chi connectivity index (χ2v) is 3.38. The molecule has 0 saturated carbocycles. The Balaban J connectivity index is 2.58. The van der Waals surface area contributed by atoms with Gasteiger partial charge in [0.15, 0.2) is 0 Å². The summed E-state index contributed by atoms with van der Waals surface area (Å²) in [7, 11) is 0. The van der Waals surface area contributed by atoms with Crippen molar-refractivity contribution in [3.8, 4) is 5.69 Å². The van der Waals surface area contributed by atoms with E-state index in [0.29, 0.717) is 11.4 Å². The Labute approximate surface area is 91.5 Å². The Bertz CT molecular complexity index is 548. The van der Waals surface area contributed by atoms with Gasteiger partial charge in [-0.2, -0.15) is 0 Å². The molecule has 0 fully saturated rings. The van der Waals surface area contributed by atoms with E-state index in [4.69, 9.17) is 5.73 Å². The van der Waals surface area contributed by atoms with Crippen molar-refractivity contribution < 1.29 is 4.92 Å². The minimum absolute atomic E-state index is 0.0249. The summed E-state index contributed by atoms with van der Waals surface area (Å²) in [5.74, 6) is 0.750. The van der Waals surface area contributed by atoms with Crippen LogP contribution >= 0.6 is 0 Å². The van der Waals surface area contributed by atoms with Crippen molar-refractivity contribution >= 4 is 11.4 Å². The molecular weight excluding hydrogens is 208 g/mol. The van der Waals surface area contributed by atoms with E-state index in [1.54, 1.807) is 23.0 Å². The zero-order valence-corrected chi connectivity index (χ0v) is 8.62. The molecule has 0 atom stereocenters. The molecule has 0 unspecified atom stereocenters. The lowest BCUT2D eigenvalue weighted by Gasteiger charge is -2.05. The van der Waals surface area contributed by atoms with Crippen LogP contribution in [0, 0.1) is 17.0 Å². The van der Waals surface area contributed by atoms with Gasteiger partial charge in [-0.1, -0.05) is 0 Å². The van der Waals surface area contributed by atoms with Crippen LogP contribution in [-0.2, 0) is 0 Å². The number of nitrogens with two attached hydrogens (primary N) is 1. The van der Waals surface area contributed by atoms with Crippen LogP contribution in [0.1, 0.15) is 5.82 Å². The summed E-state index contributed by atoms with van der Waals surface area (Å²) in [6.07, 6.45) is 3.36. The molecule has 2 rings (SSSR count). The topological polar surface area (TPSA) is 87.0 Å². The van der Waals surface area contributed by atoms with E-state index in [9.17, 15) is 10.1 Å². The molecule has 1 aromatic carbocycles. The molecule has 1 heterocycles. The van der Waals surface area contributed by atoms with Gasteiger partial charge in [-0.05, 0) is 13.0 Å². The predicted octanol–water partition coefficient (Wildman–Crippen LogP) is 1.67. The van der Waals surface area contributed by atoms with Crippen molar-refractivity contribution in [3.63, 3.8) is 0 Å². The van der Waals surface area contributed by atoms with Gasteiger partial charge in [0.2, 0.25) is 0 Å². The van der Waals surface area contributed by atoms with E-state index in [2.05, 4.69) is 4.98 Å². The largest absolute Gasteiger partial charge is 0.398 e. The number of imidazole rings is 1. The highest BCUT2D eigenvalue weighted by Gasteiger charge is 2.10. The first kappa shape index (κ1) is 10.2. The summed E-state index contributed by atoms with van der Waals surface area (Å²) in [5.41, 5.74) is 6.59. The molecule has 0 spiro atoms. The Kier molecular flexibility index (Phi) is 2.32.